The van der Waals surface area contributed by atoms with Gasteiger partial charge in [-0.3, -0.25) is 4.79 Å². The Morgan fingerprint density at radius 1 is 1.16 bits per heavy atom. The van der Waals surface area contributed by atoms with Crippen LogP contribution in [0.5, 0.6) is 0 Å². The van der Waals surface area contributed by atoms with Gasteiger partial charge in [-0.05, 0) is 23.3 Å². The molecule has 0 N–H and O–H groups in total. The minimum absolute atomic E-state index is 0.183. The number of hydrogen-bond donors (Lipinski definition) is 0. The Morgan fingerprint density at radius 2 is 1.92 bits per heavy atom. The molecule has 3 nitrogen and oxygen atoms in total. The van der Waals surface area contributed by atoms with Gasteiger partial charge in [-0.15, -0.1) is 6.58 Å². The second-order valence-electron chi connectivity index (χ2n) is 6.01. The molecule has 2 aromatic rings. The molecule has 130 valence electrons. The van der Waals surface area contributed by atoms with Crippen LogP contribution in [0.4, 0.5) is 8.78 Å². The lowest BCUT2D eigenvalue weighted by molar-refractivity contribution is -0.174. The van der Waals surface area contributed by atoms with Gasteiger partial charge in [0.1, 0.15) is 0 Å². The van der Waals surface area contributed by atoms with E-state index < -0.39 is 17.2 Å². The first-order valence-electron chi connectivity index (χ1n) is 8.10. The van der Waals surface area contributed by atoms with E-state index in [9.17, 15) is 13.6 Å². The average Bonchev–Trinajstić information content (AvgIpc) is 2.62. The van der Waals surface area contributed by atoms with E-state index in [4.69, 9.17) is 4.74 Å². The Hall–Kier alpha value is -2.53. The molecular formula is C20H19F2NO2. The van der Waals surface area contributed by atoms with E-state index in [0.29, 0.717) is 25.3 Å². The number of hydrogen-bond acceptors (Lipinski definition) is 2. The Kier molecular flexibility index (Phi) is 4.95. The van der Waals surface area contributed by atoms with E-state index in [-0.39, 0.29) is 12.3 Å². The van der Waals surface area contributed by atoms with Crippen molar-refractivity contribution in [1.82, 2.24) is 4.90 Å². The van der Waals surface area contributed by atoms with E-state index in [1.165, 1.54) is 6.07 Å². The van der Waals surface area contributed by atoms with Crippen molar-refractivity contribution in [3.05, 3.63) is 83.9 Å². The largest absolute Gasteiger partial charge is 0.358 e. The highest BCUT2D eigenvalue weighted by Gasteiger charge is 2.46. The molecule has 0 spiro atoms. The normalized spacial score (nSPS) is 20.6. The summed E-state index contributed by atoms with van der Waals surface area (Å²) in [6, 6.07) is 13.1. The fraction of sp³-hybridized carbons (Fsp3) is 0.250. The average molecular weight is 343 g/mol. The maximum Gasteiger partial charge on any atom is 0.260 e. The molecule has 1 amide bonds. The summed E-state index contributed by atoms with van der Waals surface area (Å²) in [6.07, 6.45) is 1.74. The molecule has 1 fully saturated rings. The van der Waals surface area contributed by atoms with Gasteiger partial charge in [-0.1, -0.05) is 42.5 Å². The molecule has 1 unspecified atom stereocenters. The minimum Gasteiger partial charge on any atom is -0.358 e. The Balaban J connectivity index is 1.95. The number of ether oxygens (including phenoxy) is 1. The Labute approximate surface area is 145 Å². The second kappa shape index (κ2) is 7.15. The van der Waals surface area contributed by atoms with Crippen molar-refractivity contribution in [3.63, 3.8) is 0 Å². The van der Waals surface area contributed by atoms with Gasteiger partial charge in [-0.25, -0.2) is 8.78 Å². The van der Waals surface area contributed by atoms with Gasteiger partial charge in [0.2, 0.25) is 0 Å². The quantitative estimate of drug-likeness (QED) is 0.773. The molecule has 1 saturated heterocycles. The van der Waals surface area contributed by atoms with Crippen LogP contribution in [0, 0.1) is 11.6 Å². The maximum absolute atomic E-state index is 13.7. The molecule has 0 aliphatic carbocycles. The van der Waals surface area contributed by atoms with Crippen LogP contribution < -0.4 is 0 Å². The third kappa shape index (κ3) is 3.33. The predicted octanol–water partition coefficient (Wildman–Crippen LogP) is 3.80. The molecule has 0 radical (unpaired) electrons. The first-order valence-corrected chi connectivity index (χ1v) is 8.10. The summed E-state index contributed by atoms with van der Waals surface area (Å²) >= 11 is 0. The molecule has 0 saturated carbocycles. The van der Waals surface area contributed by atoms with Gasteiger partial charge in [0.25, 0.3) is 5.91 Å². The van der Waals surface area contributed by atoms with E-state index >= 15 is 0 Å². The summed E-state index contributed by atoms with van der Waals surface area (Å²) in [5.41, 5.74) is -0.0758. The zero-order valence-electron chi connectivity index (χ0n) is 13.8. The highest BCUT2D eigenvalue weighted by molar-refractivity contribution is 5.87. The fourth-order valence-corrected chi connectivity index (χ4v) is 3.12. The summed E-state index contributed by atoms with van der Waals surface area (Å²) in [6.45, 7) is 4.88. The van der Waals surface area contributed by atoms with Gasteiger partial charge in [0.05, 0.1) is 6.61 Å². The number of carbonyl (C=O) groups is 1. The third-order valence-corrected chi connectivity index (χ3v) is 4.38. The topological polar surface area (TPSA) is 29.5 Å². The molecule has 25 heavy (non-hydrogen) atoms. The molecule has 1 heterocycles. The lowest BCUT2D eigenvalue weighted by atomic mass is 9.87. The number of rotatable bonds is 5. The van der Waals surface area contributed by atoms with Gasteiger partial charge in [0.15, 0.2) is 17.2 Å². The van der Waals surface area contributed by atoms with Crippen LogP contribution in [0.3, 0.4) is 0 Å². The molecular weight excluding hydrogens is 324 g/mol. The summed E-state index contributed by atoms with van der Waals surface area (Å²) in [5.74, 6) is -2.23. The van der Waals surface area contributed by atoms with Crippen LogP contribution in [0.15, 0.2) is 61.2 Å². The first-order chi connectivity index (χ1) is 12.1. The van der Waals surface area contributed by atoms with Crippen LogP contribution in [-0.2, 0) is 21.7 Å². The molecule has 5 heteroatoms. The van der Waals surface area contributed by atoms with E-state index in [1.54, 1.807) is 11.0 Å². The predicted molar refractivity (Wildman–Crippen MR) is 90.7 cm³/mol. The number of benzene rings is 2. The lowest BCUT2D eigenvalue weighted by Crippen LogP contribution is -2.54. The van der Waals surface area contributed by atoms with Crippen LogP contribution in [0.1, 0.15) is 17.5 Å². The minimum atomic E-state index is -1.37. The number of carbonyl (C=O) groups excluding carboxylic acids is 1. The molecule has 1 aliphatic heterocycles. The number of morpholine rings is 1. The summed E-state index contributed by atoms with van der Waals surface area (Å²) in [5, 5.41) is 0. The second-order valence-corrected chi connectivity index (χ2v) is 6.01. The van der Waals surface area contributed by atoms with Crippen molar-refractivity contribution in [2.75, 3.05) is 13.2 Å². The summed E-state index contributed by atoms with van der Waals surface area (Å²) < 4.78 is 32.9. The summed E-state index contributed by atoms with van der Waals surface area (Å²) in [4.78, 5) is 14.9. The molecule has 0 bridgehead atoms. The smallest absolute Gasteiger partial charge is 0.260 e. The Morgan fingerprint density at radius 3 is 2.60 bits per heavy atom. The van der Waals surface area contributed by atoms with Gasteiger partial charge in [-0.2, -0.15) is 0 Å². The number of amides is 1. The van der Waals surface area contributed by atoms with Gasteiger partial charge in [0, 0.05) is 19.5 Å². The van der Waals surface area contributed by atoms with Gasteiger partial charge >= 0.3 is 0 Å². The van der Waals surface area contributed by atoms with Crippen LogP contribution in [0.2, 0.25) is 0 Å². The van der Waals surface area contributed by atoms with E-state index in [1.807, 2.05) is 30.3 Å². The van der Waals surface area contributed by atoms with Crippen molar-refractivity contribution in [2.45, 2.75) is 18.6 Å². The molecule has 2 aromatic carbocycles. The monoisotopic (exact) mass is 343 g/mol. The highest BCUT2D eigenvalue weighted by atomic mass is 19.2. The van der Waals surface area contributed by atoms with Crippen molar-refractivity contribution in [2.24, 2.45) is 0 Å². The van der Waals surface area contributed by atoms with Crippen LogP contribution >= 0.6 is 0 Å². The van der Waals surface area contributed by atoms with Crippen LogP contribution in [0.25, 0.3) is 0 Å². The van der Waals surface area contributed by atoms with E-state index in [2.05, 4.69) is 6.58 Å². The summed E-state index contributed by atoms with van der Waals surface area (Å²) in [7, 11) is 0. The zero-order chi connectivity index (χ0) is 17.9. The fourth-order valence-electron chi connectivity index (χ4n) is 3.12. The first kappa shape index (κ1) is 17.3. The number of nitrogens with zero attached hydrogens (tertiary/aromatic N) is 1. The number of halogens is 2. The lowest BCUT2D eigenvalue weighted by Gasteiger charge is -2.41. The molecule has 1 aliphatic rings. The highest BCUT2D eigenvalue weighted by Crippen LogP contribution is 2.36. The van der Waals surface area contributed by atoms with Crippen LogP contribution in [-0.4, -0.2) is 24.0 Å². The van der Waals surface area contributed by atoms with Crippen molar-refractivity contribution in [3.8, 4) is 0 Å². The van der Waals surface area contributed by atoms with Crippen molar-refractivity contribution in [1.29, 1.82) is 0 Å². The zero-order valence-corrected chi connectivity index (χ0v) is 13.8. The molecule has 0 aromatic heterocycles. The van der Waals surface area contributed by atoms with Crippen molar-refractivity contribution < 1.29 is 18.3 Å². The SMILES string of the molecule is C=CCC1(c2ccc(F)c(F)c2)OCCN(Cc2ccccc2)C1=O. The Bertz CT molecular complexity index is 779. The van der Waals surface area contributed by atoms with E-state index in [0.717, 1.165) is 17.7 Å². The van der Waals surface area contributed by atoms with Crippen molar-refractivity contribution >= 4 is 5.91 Å². The van der Waals surface area contributed by atoms with Gasteiger partial charge < -0.3 is 9.64 Å². The molecule has 3 rings (SSSR count). The maximum atomic E-state index is 13.7. The third-order valence-electron chi connectivity index (χ3n) is 4.38. The standard InChI is InChI=1S/C20H19F2NO2/c1-2-10-20(16-8-9-17(21)18(22)13-16)19(24)23(11-12-25-20)14-15-6-4-3-5-7-15/h2-9,13H,1,10-12,14H2. The molecule has 1 atom stereocenters.